The number of hydrogen-bond acceptors (Lipinski definition) is 2. The number of allylic oxidation sites excluding steroid dienone is 1. The van der Waals surface area contributed by atoms with Gasteiger partial charge in [0.2, 0.25) is 0 Å². The second kappa shape index (κ2) is 7.23. The van der Waals surface area contributed by atoms with E-state index < -0.39 is 0 Å². The Balaban J connectivity index is 2.74. The third kappa shape index (κ3) is 4.70. The number of pyridine rings is 1. The average Bonchev–Trinajstić information content (AvgIpc) is 2.30. The molecule has 0 aliphatic rings. The predicted octanol–water partition coefficient (Wildman–Crippen LogP) is 3.79. The number of nitrogens with one attached hydrogen (secondary N) is 1. The van der Waals surface area contributed by atoms with Crippen molar-refractivity contribution in [1.82, 2.24) is 10.3 Å². The van der Waals surface area contributed by atoms with E-state index in [1.165, 1.54) is 16.7 Å². The first-order valence-corrected chi connectivity index (χ1v) is 6.43. The van der Waals surface area contributed by atoms with Crippen LogP contribution in [0, 0.1) is 6.92 Å². The summed E-state index contributed by atoms with van der Waals surface area (Å²) in [4.78, 5) is 4.16. The van der Waals surface area contributed by atoms with Crippen LogP contribution in [0.2, 0.25) is 0 Å². The lowest BCUT2D eigenvalue weighted by Crippen LogP contribution is -2.23. The molecule has 1 rings (SSSR count). The Morgan fingerprint density at radius 2 is 2.29 bits per heavy atom. The number of aryl methyl sites for hydroxylation is 1. The van der Waals surface area contributed by atoms with E-state index in [0.717, 1.165) is 25.8 Å². The van der Waals surface area contributed by atoms with Crippen LogP contribution in [0.1, 0.15) is 50.3 Å². The summed E-state index contributed by atoms with van der Waals surface area (Å²) in [6.45, 7) is 11.5. The summed E-state index contributed by atoms with van der Waals surface area (Å²) in [5.41, 5.74) is 3.89. The highest BCUT2D eigenvalue weighted by atomic mass is 14.9. The zero-order chi connectivity index (χ0) is 12.7. The van der Waals surface area contributed by atoms with Crippen LogP contribution >= 0.6 is 0 Å². The minimum Gasteiger partial charge on any atom is -0.310 e. The number of rotatable bonds is 7. The van der Waals surface area contributed by atoms with Crippen LogP contribution in [-0.4, -0.2) is 11.5 Å². The molecule has 0 fully saturated rings. The van der Waals surface area contributed by atoms with E-state index in [4.69, 9.17) is 0 Å². The van der Waals surface area contributed by atoms with Crippen molar-refractivity contribution in [2.75, 3.05) is 6.54 Å². The zero-order valence-electron chi connectivity index (χ0n) is 11.3. The van der Waals surface area contributed by atoms with Crippen molar-refractivity contribution in [2.24, 2.45) is 0 Å². The van der Waals surface area contributed by atoms with Gasteiger partial charge in [0.05, 0.1) is 0 Å². The third-order valence-corrected chi connectivity index (χ3v) is 2.94. The molecule has 1 unspecified atom stereocenters. The Kier molecular flexibility index (Phi) is 5.92. The molecule has 0 saturated heterocycles. The van der Waals surface area contributed by atoms with Gasteiger partial charge in [0, 0.05) is 18.4 Å². The molecule has 94 valence electrons. The van der Waals surface area contributed by atoms with Crippen LogP contribution in [0.3, 0.4) is 0 Å². The van der Waals surface area contributed by atoms with Gasteiger partial charge in [0.15, 0.2) is 0 Å². The van der Waals surface area contributed by atoms with Crippen LogP contribution in [0.5, 0.6) is 0 Å². The highest BCUT2D eigenvalue weighted by molar-refractivity contribution is 5.25. The lowest BCUT2D eigenvalue weighted by Gasteiger charge is -2.20. The Labute approximate surface area is 105 Å². The lowest BCUT2D eigenvalue weighted by molar-refractivity contribution is 0.496. The standard InChI is InChI=1S/C15H24N2/c1-5-9-17-15(7-6-12(2)3)14-8-10-16-11-13(14)4/h8,10-11,15,17H,2,5-7,9H2,1,3-4H3. The van der Waals surface area contributed by atoms with Gasteiger partial charge in [-0.15, -0.1) is 6.58 Å². The third-order valence-electron chi connectivity index (χ3n) is 2.94. The van der Waals surface area contributed by atoms with Crippen molar-refractivity contribution >= 4 is 0 Å². The largest absolute Gasteiger partial charge is 0.310 e. The molecular weight excluding hydrogens is 208 g/mol. The molecule has 1 aromatic heterocycles. The minimum absolute atomic E-state index is 0.426. The molecular formula is C15H24N2. The van der Waals surface area contributed by atoms with Crippen molar-refractivity contribution in [3.8, 4) is 0 Å². The molecule has 1 heterocycles. The fourth-order valence-electron chi connectivity index (χ4n) is 1.95. The molecule has 2 nitrogen and oxygen atoms in total. The van der Waals surface area contributed by atoms with Crippen molar-refractivity contribution < 1.29 is 0 Å². The number of hydrogen-bond donors (Lipinski definition) is 1. The smallest absolute Gasteiger partial charge is 0.0327 e. The quantitative estimate of drug-likeness (QED) is 0.724. The van der Waals surface area contributed by atoms with Gasteiger partial charge < -0.3 is 5.32 Å². The Bertz CT molecular complexity index is 358. The SMILES string of the molecule is C=C(C)CCC(NCCC)c1ccncc1C. The topological polar surface area (TPSA) is 24.9 Å². The summed E-state index contributed by atoms with van der Waals surface area (Å²) in [5.74, 6) is 0. The summed E-state index contributed by atoms with van der Waals surface area (Å²) in [5, 5.41) is 3.61. The van der Waals surface area contributed by atoms with Crippen LogP contribution < -0.4 is 5.32 Å². The van der Waals surface area contributed by atoms with Gasteiger partial charge in [0.25, 0.3) is 0 Å². The molecule has 0 aromatic carbocycles. The normalized spacial score (nSPS) is 12.4. The fourth-order valence-corrected chi connectivity index (χ4v) is 1.95. The van der Waals surface area contributed by atoms with Crippen LogP contribution in [0.25, 0.3) is 0 Å². The maximum atomic E-state index is 4.16. The Hall–Kier alpha value is -1.15. The molecule has 0 radical (unpaired) electrons. The molecule has 0 spiro atoms. The molecule has 2 heteroatoms. The monoisotopic (exact) mass is 232 g/mol. The second-order valence-electron chi connectivity index (χ2n) is 4.73. The van der Waals surface area contributed by atoms with E-state index in [9.17, 15) is 0 Å². The van der Waals surface area contributed by atoms with Crippen molar-refractivity contribution in [3.63, 3.8) is 0 Å². The molecule has 0 bridgehead atoms. The van der Waals surface area contributed by atoms with Gasteiger partial charge in [0.1, 0.15) is 0 Å². The average molecular weight is 232 g/mol. The highest BCUT2D eigenvalue weighted by Crippen LogP contribution is 2.22. The number of nitrogens with zero attached hydrogens (tertiary/aromatic N) is 1. The van der Waals surface area contributed by atoms with Gasteiger partial charge in [-0.25, -0.2) is 0 Å². The molecule has 1 N–H and O–H groups in total. The van der Waals surface area contributed by atoms with E-state index in [1.54, 1.807) is 0 Å². The molecule has 0 amide bonds. The summed E-state index contributed by atoms with van der Waals surface area (Å²) in [6, 6.07) is 2.55. The first kappa shape index (κ1) is 13.9. The highest BCUT2D eigenvalue weighted by Gasteiger charge is 2.12. The summed E-state index contributed by atoms with van der Waals surface area (Å²) >= 11 is 0. The van der Waals surface area contributed by atoms with Gasteiger partial charge in [-0.2, -0.15) is 0 Å². The lowest BCUT2D eigenvalue weighted by atomic mass is 9.97. The molecule has 1 aromatic rings. The molecule has 1 atom stereocenters. The fraction of sp³-hybridized carbons (Fsp3) is 0.533. The van der Waals surface area contributed by atoms with Crippen molar-refractivity contribution in [2.45, 2.75) is 46.1 Å². The maximum absolute atomic E-state index is 4.16. The van der Waals surface area contributed by atoms with E-state index in [-0.39, 0.29) is 0 Å². The van der Waals surface area contributed by atoms with Gasteiger partial charge in [-0.3, -0.25) is 4.98 Å². The molecule has 0 aliphatic heterocycles. The first-order chi connectivity index (χ1) is 8.15. The van der Waals surface area contributed by atoms with E-state index in [0.29, 0.717) is 6.04 Å². The number of aromatic nitrogens is 1. The van der Waals surface area contributed by atoms with E-state index in [2.05, 4.69) is 43.7 Å². The molecule has 17 heavy (non-hydrogen) atoms. The molecule has 0 saturated carbocycles. The van der Waals surface area contributed by atoms with Crippen LogP contribution in [-0.2, 0) is 0 Å². The Morgan fingerprint density at radius 1 is 1.53 bits per heavy atom. The van der Waals surface area contributed by atoms with Crippen LogP contribution in [0.15, 0.2) is 30.6 Å². The second-order valence-corrected chi connectivity index (χ2v) is 4.73. The van der Waals surface area contributed by atoms with Gasteiger partial charge >= 0.3 is 0 Å². The summed E-state index contributed by atoms with van der Waals surface area (Å²) in [6.07, 6.45) is 7.16. The molecule has 0 aliphatic carbocycles. The van der Waals surface area contributed by atoms with Gasteiger partial charge in [-0.05, 0) is 56.8 Å². The zero-order valence-corrected chi connectivity index (χ0v) is 11.3. The predicted molar refractivity (Wildman–Crippen MR) is 74.1 cm³/mol. The van der Waals surface area contributed by atoms with E-state index in [1.807, 2.05) is 12.4 Å². The van der Waals surface area contributed by atoms with Crippen molar-refractivity contribution in [3.05, 3.63) is 41.7 Å². The van der Waals surface area contributed by atoms with Gasteiger partial charge in [-0.1, -0.05) is 12.5 Å². The maximum Gasteiger partial charge on any atom is 0.0327 e. The summed E-state index contributed by atoms with van der Waals surface area (Å²) < 4.78 is 0. The van der Waals surface area contributed by atoms with E-state index >= 15 is 0 Å². The minimum atomic E-state index is 0.426. The first-order valence-electron chi connectivity index (χ1n) is 6.43. The van der Waals surface area contributed by atoms with Crippen molar-refractivity contribution in [1.29, 1.82) is 0 Å². The Morgan fingerprint density at radius 3 is 2.88 bits per heavy atom. The summed E-state index contributed by atoms with van der Waals surface area (Å²) in [7, 11) is 0. The van der Waals surface area contributed by atoms with Crippen LogP contribution in [0.4, 0.5) is 0 Å².